The summed E-state index contributed by atoms with van der Waals surface area (Å²) >= 11 is 6.06. The van der Waals surface area contributed by atoms with E-state index in [1.54, 1.807) is 13.0 Å². The molecule has 2 aliphatic rings. The number of carbonyl (C=O) groups excluding carboxylic acids is 1. The fourth-order valence-corrected chi connectivity index (χ4v) is 3.88. The highest BCUT2D eigenvalue weighted by atomic mass is 35.5. The third kappa shape index (κ3) is 2.77. The molecule has 8 heteroatoms. The van der Waals surface area contributed by atoms with Crippen molar-refractivity contribution >= 4 is 17.5 Å². The van der Waals surface area contributed by atoms with Gasteiger partial charge in [-0.3, -0.25) is 4.79 Å². The van der Waals surface area contributed by atoms with Crippen molar-refractivity contribution in [2.45, 2.75) is 30.8 Å². The number of nitrogens with two attached hydrogens (primary N) is 2. The lowest BCUT2D eigenvalue weighted by molar-refractivity contribution is -0.123. The van der Waals surface area contributed by atoms with E-state index in [0.29, 0.717) is 10.6 Å². The number of amides is 1. The topological polar surface area (TPSA) is 111 Å². The maximum absolute atomic E-state index is 14.6. The van der Waals surface area contributed by atoms with Crippen molar-refractivity contribution < 1.29 is 19.0 Å². The summed E-state index contributed by atoms with van der Waals surface area (Å²) in [7, 11) is 0. The normalized spacial score (nSPS) is 23.0. The number of benzene rings is 1. The van der Waals surface area contributed by atoms with Crippen LogP contribution in [-0.4, -0.2) is 29.1 Å². The van der Waals surface area contributed by atoms with E-state index in [2.05, 4.69) is 4.98 Å². The second-order valence-electron chi connectivity index (χ2n) is 7.74. The van der Waals surface area contributed by atoms with Crippen molar-refractivity contribution in [1.82, 2.24) is 4.98 Å². The number of rotatable bonds is 5. The number of aliphatic hydroxyl groups is 1. The van der Waals surface area contributed by atoms with Gasteiger partial charge in [0.25, 0.3) is 0 Å². The summed E-state index contributed by atoms with van der Waals surface area (Å²) in [5, 5.41) is 11.5. The first-order chi connectivity index (χ1) is 13.2. The van der Waals surface area contributed by atoms with Gasteiger partial charge in [0.1, 0.15) is 34.9 Å². The van der Waals surface area contributed by atoms with Gasteiger partial charge in [0.15, 0.2) is 0 Å². The second-order valence-corrected chi connectivity index (χ2v) is 8.18. The lowest BCUT2D eigenvalue weighted by Gasteiger charge is -2.28. The van der Waals surface area contributed by atoms with E-state index in [4.69, 9.17) is 27.8 Å². The quantitative estimate of drug-likeness (QED) is 0.706. The molecule has 0 unspecified atom stereocenters. The zero-order valence-corrected chi connectivity index (χ0v) is 16.1. The number of primary amides is 1. The van der Waals surface area contributed by atoms with Crippen molar-refractivity contribution in [3.8, 4) is 17.0 Å². The first kappa shape index (κ1) is 19.1. The number of nitrogens with zero attached hydrogens (tertiary/aromatic N) is 1. The molecule has 1 aromatic heterocycles. The van der Waals surface area contributed by atoms with Crippen LogP contribution < -0.4 is 16.2 Å². The average molecular weight is 406 g/mol. The van der Waals surface area contributed by atoms with Crippen molar-refractivity contribution in [3.05, 3.63) is 46.4 Å². The van der Waals surface area contributed by atoms with Crippen molar-refractivity contribution in [3.63, 3.8) is 0 Å². The Morgan fingerprint density at radius 2 is 2.18 bits per heavy atom. The van der Waals surface area contributed by atoms with Gasteiger partial charge in [-0.1, -0.05) is 11.6 Å². The van der Waals surface area contributed by atoms with Gasteiger partial charge in [0.05, 0.1) is 5.69 Å². The molecule has 5 N–H and O–H groups in total. The number of aromatic nitrogens is 1. The molecule has 2 aromatic rings. The minimum atomic E-state index is -1.38. The predicted octanol–water partition coefficient (Wildman–Crippen LogP) is 2.23. The van der Waals surface area contributed by atoms with Crippen molar-refractivity contribution in [2.75, 3.05) is 13.2 Å². The SMILES string of the molecule is C[C@]1(C(N)=O)COc2c1cc([C@@](O)(CN)C1CC1)nc2-c1cc(Cl)ccc1F. The summed E-state index contributed by atoms with van der Waals surface area (Å²) < 4.78 is 20.4. The van der Waals surface area contributed by atoms with Gasteiger partial charge in [-0.25, -0.2) is 9.37 Å². The fourth-order valence-electron chi connectivity index (χ4n) is 3.71. The highest BCUT2D eigenvalue weighted by molar-refractivity contribution is 6.30. The lowest BCUT2D eigenvalue weighted by atomic mass is 9.81. The Morgan fingerprint density at radius 3 is 2.79 bits per heavy atom. The monoisotopic (exact) mass is 405 g/mol. The van der Waals surface area contributed by atoms with Crippen LogP contribution in [-0.2, 0) is 15.8 Å². The Labute approximate surface area is 166 Å². The predicted molar refractivity (Wildman–Crippen MR) is 102 cm³/mol. The van der Waals surface area contributed by atoms with Crippen molar-refractivity contribution in [2.24, 2.45) is 17.4 Å². The van der Waals surface area contributed by atoms with E-state index in [0.717, 1.165) is 12.8 Å². The molecule has 0 bridgehead atoms. The Hall–Kier alpha value is -2.22. The van der Waals surface area contributed by atoms with Crippen LogP contribution in [0, 0.1) is 11.7 Å². The number of carbonyl (C=O) groups is 1. The van der Waals surface area contributed by atoms with Crippen LogP contribution in [0.15, 0.2) is 24.3 Å². The highest BCUT2D eigenvalue weighted by Gasteiger charge is 2.49. The molecule has 148 valence electrons. The fraction of sp³-hybridized carbons (Fsp3) is 0.400. The molecule has 2 heterocycles. The molecule has 2 atom stereocenters. The van der Waals surface area contributed by atoms with Crippen molar-refractivity contribution in [1.29, 1.82) is 0 Å². The minimum absolute atomic E-state index is 0.00245. The number of ether oxygens (including phenoxy) is 1. The number of fused-ring (bicyclic) bond motifs is 1. The largest absolute Gasteiger partial charge is 0.489 e. The van der Waals surface area contributed by atoms with Gasteiger partial charge in [-0.2, -0.15) is 0 Å². The van der Waals surface area contributed by atoms with Crippen LogP contribution in [0.3, 0.4) is 0 Å². The number of hydrogen-bond donors (Lipinski definition) is 3. The molecule has 1 aliphatic heterocycles. The first-order valence-electron chi connectivity index (χ1n) is 9.07. The summed E-state index contributed by atoms with van der Waals surface area (Å²) in [5.74, 6) is -0.900. The molecular weight excluding hydrogens is 385 g/mol. The number of pyridine rings is 1. The minimum Gasteiger partial charge on any atom is -0.489 e. The van der Waals surface area contributed by atoms with E-state index < -0.39 is 22.7 Å². The van der Waals surface area contributed by atoms with Gasteiger partial charge in [-0.15, -0.1) is 0 Å². The standard InChI is InChI=1S/C20H21ClFN3O3/c1-19(18(24)26)9-28-17-13(19)7-15(20(27,8-23)10-2-3-10)25-16(17)12-6-11(21)4-5-14(12)22/h4-7,10,27H,2-3,8-9,23H2,1H3,(H2,24,26)/t19-,20+/m0/s1. The highest BCUT2D eigenvalue weighted by Crippen LogP contribution is 2.50. The van der Waals surface area contributed by atoms with E-state index in [1.165, 1.54) is 18.2 Å². The summed E-state index contributed by atoms with van der Waals surface area (Å²) in [6.07, 6.45) is 1.63. The molecule has 4 rings (SSSR count). The summed E-state index contributed by atoms with van der Waals surface area (Å²) in [5.41, 5.74) is 10.1. The Bertz CT molecular complexity index is 981. The first-order valence-corrected chi connectivity index (χ1v) is 9.45. The Morgan fingerprint density at radius 1 is 1.46 bits per heavy atom. The van der Waals surface area contributed by atoms with Crippen LogP contribution >= 0.6 is 11.6 Å². The number of hydrogen-bond acceptors (Lipinski definition) is 5. The van der Waals surface area contributed by atoms with E-state index in [9.17, 15) is 14.3 Å². The summed E-state index contributed by atoms with van der Waals surface area (Å²) in [4.78, 5) is 16.7. The third-order valence-corrected chi connectivity index (χ3v) is 6.04. The summed E-state index contributed by atoms with van der Waals surface area (Å²) in [6.45, 7) is 1.61. The molecule has 28 heavy (non-hydrogen) atoms. The second kappa shape index (κ2) is 6.40. The lowest BCUT2D eigenvalue weighted by Crippen LogP contribution is -2.41. The molecule has 1 aromatic carbocycles. The molecular formula is C20H21ClFN3O3. The van der Waals surface area contributed by atoms with Crippen LogP contribution in [0.25, 0.3) is 11.3 Å². The average Bonchev–Trinajstić information content (AvgIpc) is 3.47. The van der Waals surface area contributed by atoms with E-state index in [-0.39, 0.29) is 41.8 Å². The molecule has 1 saturated carbocycles. The third-order valence-electron chi connectivity index (χ3n) is 5.81. The van der Waals surface area contributed by atoms with Crippen LogP contribution in [0.5, 0.6) is 5.75 Å². The van der Waals surface area contributed by atoms with Crippen LogP contribution in [0.1, 0.15) is 31.0 Å². The molecule has 1 aliphatic carbocycles. The van der Waals surface area contributed by atoms with Gasteiger partial charge in [-0.05, 0) is 49.9 Å². The maximum Gasteiger partial charge on any atom is 0.231 e. The molecule has 6 nitrogen and oxygen atoms in total. The Kier molecular flexibility index (Phi) is 4.37. The molecule has 0 saturated heterocycles. The van der Waals surface area contributed by atoms with Crippen LogP contribution in [0.2, 0.25) is 5.02 Å². The smallest absolute Gasteiger partial charge is 0.231 e. The van der Waals surface area contributed by atoms with Gasteiger partial charge in [0, 0.05) is 22.7 Å². The van der Waals surface area contributed by atoms with E-state index >= 15 is 0 Å². The zero-order valence-electron chi connectivity index (χ0n) is 15.3. The molecule has 0 radical (unpaired) electrons. The zero-order chi connectivity index (χ0) is 20.3. The van der Waals surface area contributed by atoms with Crippen LogP contribution in [0.4, 0.5) is 4.39 Å². The maximum atomic E-state index is 14.6. The van der Waals surface area contributed by atoms with E-state index in [1.807, 2.05) is 0 Å². The van der Waals surface area contributed by atoms with Gasteiger partial charge < -0.3 is 21.3 Å². The molecule has 0 spiro atoms. The summed E-state index contributed by atoms with van der Waals surface area (Å²) in [6, 6.07) is 5.71. The Balaban J connectivity index is 2.01. The molecule has 1 fully saturated rings. The molecule has 1 amide bonds. The number of halogens is 2. The van der Waals surface area contributed by atoms with Gasteiger partial charge in [0.2, 0.25) is 5.91 Å². The van der Waals surface area contributed by atoms with Gasteiger partial charge >= 0.3 is 0 Å².